The van der Waals surface area contributed by atoms with Crippen LogP contribution in [-0.2, 0) is 18.8 Å². The van der Waals surface area contributed by atoms with Gasteiger partial charge in [0.05, 0.1) is 13.2 Å². The number of hydrogen-bond donors (Lipinski definition) is 2. The topological polar surface area (TPSA) is 108 Å². The Morgan fingerprint density at radius 3 is 1.52 bits per heavy atom. The predicted octanol–water partition coefficient (Wildman–Crippen LogP) is 4.37. The quantitative estimate of drug-likeness (QED) is 0.447. The molecule has 144 valence electrons. The highest BCUT2D eigenvalue weighted by Crippen LogP contribution is 2.10. The van der Waals surface area contributed by atoms with E-state index in [1.54, 1.807) is 13.8 Å². The molecule has 0 spiro atoms. The third-order valence-corrected chi connectivity index (χ3v) is 3.97. The molecule has 0 unspecified atom stereocenters. The Hall–Kier alpha value is -0.210. The van der Waals surface area contributed by atoms with E-state index < -0.39 is 10.4 Å². The minimum absolute atomic E-state index is 0. The Morgan fingerprint density at radius 2 is 1.13 bits per heavy atom. The molecule has 0 radical (unpaired) electrons. The lowest BCUT2D eigenvalue weighted by Crippen LogP contribution is -2.10. The predicted molar refractivity (Wildman–Crippen MR) is 96.1 cm³/mol. The van der Waals surface area contributed by atoms with E-state index in [1.165, 1.54) is 44.9 Å². The number of rotatable bonds is 14. The third kappa shape index (κ3) is 27.0. The van der Waals surface area contributed by atoms with Gasteiger partial charge in [0, 0.05) is 6.61 Å². The second-order valence-electron chi connectivity index (χ2n) is 5.13. The SMILES string of the molecule is CCCCCCCCCCCCOS(=O)(=O)OCC.CCO.N. The summed E-state index contributed by atoms with van der Waals surface area (Å²) in [6, 6.07) is 0. The van der Waals surface area contributed by atoms with E-state index in [-0.39, 0.29) is 26.0 Å². The summed E-state index contributed by atoms with van der Waals surface area (Å²) in [6.07, 6.45) is 12.2. The second-order valence-corrected chi connectivity index (χ2v) is 6.42. The highest BCUT2D eigenvalue weighted by atomic mass is 32.3. The van der Waals surface area contributed by atoms with Crippen molar-refractivity contribution in [3.63, 3.8) is 0 Å². The molecule has 0 saturated heterocycles. The summed E-state index contributed by atoms with van der Waals surface area (Å²) in [7, 11) is -3.74. The van der Waals surface area contributed by atoms with Crippen molar-refractivity contribution in [2.75, 3.05) is 19.8 Å². The lowest BCUT2D eigenvalue weighted by atomic mass is 10.1. The minimum Gasteiger partial charge on any atom is -0.397 e. The highest BCUT2D eigenvalue weighted by Gasteiger charge is 2.09. The molecule has 0 aliphatic heterocycles. The fourth-order valence-corrected chi connectivity index (χ4v) is 2.61. The Bertz CT molecular complexity index is 297. The summed E-state index contributed by atoms with van der Waals surface area (Å²) in [4.78, 5) is 0. The molecule has 0 heterocycles. The van der Waals surface area contributed by atoms with Gasteiger partial charge in [0.15, 0.2) is 0 Å². The maximum absolute atomic E-state index is 11.0. The monoisotopic (exact) mass is 357 g/mol. The van der Waals surface area contributed by atoms with Crippen molar-refractivity contribution in [1.29, 1.82) is 0 Å². The maximum Gasteiger partial charge on any atom is 0.399 e. The van der Waals surface area contributed by atoms with Gasteiger partial charge in [-0.2, -0.15) is 8.42 Å². The van der Waals surface area contributed by atoms with Gasteiger partial charge in [-0.25, -0.2) is 8.37 Å². The molecule has 0 bridgehead atoms. The summed E-state index contributed by atoms with van der Waals surface area (Å²) in [5.74, 6) is 0. The molecule has 23 heavy (non-hydrogen) atoms. The maximum atomic E-state index is 11.0. The van der Waals surface area contributed by atoms with E-state index in [4.69, 9.17) is 9.29 Å². The van der Waals surface area contributed by atoms with Crippen molar-refractivity contribution in [2.24, 2.45) is 0 Å². The molecule has 0 rings (SSSR count). The first-order valence-corrected chi connectivity index (χ1v) is 10.0. The van der Waals surface area contributed by atoms with Crippen LogP contribution in [0.4, 0.5) is 0 Å². The Kier molecular flexibility index (Phi) is 26.2. The standard InChI is InChI=1S/C14H30O4S.C2H6O.H3N/c1-3-5-6-7-8-9-10-11-12-13-14-18-19(15,16)17-4-2;1-2-3;/h3-14H2,1-2H3;3H,2H2,1H3;1H3. The van der Waals surface area contributed by atoms with Gasteiger partial charge in [-0.05, 0) is 20.3 Å². The second kappa shape index (κ2) is 21.8. The normalized spacial score (nSPS) is 10.6. The molecular formula is C16H39NO5S. The number of hydrogen-bond acceptors (Lipinski definition) is 6. The average Bonchev–Trinajstić information content (AvgIpc) is 2.45. The van der Waals surface area contributed by atoms with Gasteiger partial charge >= 0.3 is 10.4 Å². The lowest BCUT2D eigenvalue weighted by molar-refractivity contribution is 0.218. The van der Waals surface area contributed by atoms with Crippen LogP contribution in [-0.4, -0.2) is 33.3 Å². The summed E-state index contributed by atoms with van der Waals surface area (Å²) >= 11 is 0. The van der Waals surface area contributed by atoms with Crippen molar-refractivity contribution in [3.05, 3.63) is 0 Å². The van der Waals surface area contributed by atoms with E-state index in [0.29, 0.717) is 0 Å². The van der Waals surface area contributed by atoms with E-state index in [0.717, 1.165) is 19.3 Å². The summed E-state index contributed by atoms with van der Waals surface area (Å²) in [5, 5.41) is 7.57. The van der Waals surface area contributed by atoms with Crippen LogP contribution in [0.15, 0.2) is 0 Å². The first kappa shape index (κ1) is 27.6. The summed E-state index contributed by atoms with van der Waals surface area (Å²) < 4.78 is 31.3. The first-order chi connectivity index (χ1) is 10.5. The Morgan fingerprint density at radius 1 is 0.739 bits per heavy atom. The van der Waals surface area contributed by atoms with E-state index >= 15 is 0 Å². The molecule has 7 heteroatoms. The van der Waals surface area contributed by atoms with Crippen molar-refractivity contribution in [1.82, 2.24) is 6.15 Å². The molecule has 4 N–H and O–H groups in total. The lowest BCUT2D eigenvalue weighted by Gasteiger charge is -2.04. The zero-order valence-corrected chi connectivity index (χ0v) is 16.2. The van der Waals surface area contributed by atoms with Crippen LogP contribution >= 0.6 is 0 Å². The van der Waals surface area contributed by atoms with Gasteiger partial charge in [0.2, 0.25) is 0 Å². The average molecular weight is 358 g/mol. The van der Waals surface area contributed by atoms with Gasteiger partial charge in [-0.1, -0.05) is 64.7 Å². The van der Waals surface area contributed by atoms with Gasteiger partial charge in [-0.3, -0.25) is 0 Å². The molecule has 0 aromatic heterocycles. The van der Waals surface area contributed by atoms with Gasteiger partial charge in [0.25, 0.3) is 0 Å². The van der Waals surface area contributed by atoms with E-state index in [2.05, 4.69) is 11.1 Å². The zero-order chi connectivity index (χ0) is 17.1. The molecule has 0 aromatic carbocycles. The van der Waals surface area contributed by atoms with Gasteiger partial charge in [-0.15, -0.1) is 0 Å². The molecule has 0 aliphatic rings. The Balaban J connectivity index is -0.000000920. The van der Waals surface area contributed by atoms with Gasteiger partial charge < -0.3 is 11.3 Å². The third-order valence-electron chi connectivity index (χ3n) is 2.99. The van der Waals surface area contributed by atoms with Crippen LogP contribution in [0, 0.1) is 0 Å². The molecule has 0 amide bonds. The molecule has 0 fully saturated rings. The van der Waals surface area contributed by atoms with Crippen molar-refractivity contribution in [2.45, 2.75) is 85.0 Å². The van der Waals surface area contributed by atoms with Crippen molar-refractivity contribution < 1.29 is 21.9 Å². The van der Waals surface area contributed by atoms with Crippen LogP contribution in [0.5, 0.6) is 0 Å². The first-order valence-electron chi connectivity index (χ1n) is 8.68. The smallest absolute Gasteiger partial charge is 0.397 e. The number of unbranched alkanes of at least 4 members (excludes halogenated alkanes) is 9. The Labute approximate surface area is 143 Å². The van der Waals surface area contributed by atoms with E-state index in [1.807, 2.05) is 0 Å². The molecule has 6 nitrogen and oxygen atoms in total. The summed E-state index contributed by atoms with van der Waals surface area (Å²) in [6.45, 7) is 6.15. The van der Waals surface area contributed by atoms with Crippen LogP contribution in [0.25, 0.3) is 0 Å². The molecule has 0 atom stereocenters. The van der Waals surface area contributed by atoms with Crippen LogP contribution in [0.1, 0.15) is 85.0 Å². The number of aliphatic hydroxyl groups excluding tert-OH is 1. The molecular weight excluding hydrogens is 318 g/mol. The summed E-state index contributed by atoms with van der Waals surface area (Å²) in [5.41, 5.74) is 0. The van der Waals surface area contributed by atoms with Crippen LogP contribution in [0.3, 0.4) is 0 Å². The minimum atomic E-state index is -3.74. The van der Waals surface area contributed by atoms with Crippen molar-refractivity contribution in [3.8, 4) is 0 Å². The van der Waals surface area contributed by atoms with Gasteiger partial charge in [0.1, 0.15) is 0 Å². The van der Waals surface area contributed by atoms with Crippen LogP contribution in [0.2, 0.25) is 0 Å². The van der Waals surface area contributed by atoms with Crippen LogP contribution < -0.4 is 6.15 Å². The highest BCUT2D eigenvalue weighted by molar-refractivity contribution is 7.81. The van der Waals surface area contributed by atoms with Crippen molar-refractivity contribution >= 4 is 10.4 Å². The molecule has 0 saturated carbocycles. The largest absolute Gasteiger partial charge is 0.399 e. The molecule has 0 aliphatic carbocycles. The number of aliphatic hydroxyl groups is 1. The fraction of sp³-hybridized carbons (Fsp3) is 1.00. The van der Waals surface area contributed by atoms with E-state index in [9.17, 15) is 8.42 Å². The zero-order valence-electron chi connectivity index (χ0n) is 15.4. The molecule has 0 aromatic rings. The fourth-order valence-electron chi connectivity index (χ4n) is 1.93.